The molecule has 188 valence electrons. The van der Waals surface area contributed by atoms with E-state index in [1.807, 2.05) is 20.8 Å². The first-order valence-corrected chi connectivity index (χ1v) is 12.8. The molecule has 0 heterocycles. The molecule has 0 aromatic rings. The summed E-state index contributed by atoms with van der Waals surface area (Å²) in [5.74, 6) is -1.64. The van der Waals surface area contributed by atoms with Gasteiger partial charge < -0.3 is 14.2 Å². The number of alkyl halides is 4. The Morgan fingerprint density at radius 1 is 0.656 bits per heavy atom. The van der Waals surface area contributed by atoms with Gasteiger partial charge in [0.1, 0.15) is 4.32 Å². The molecule has 3 unspecified atom stereocenters. The standard InChI is InChI=1S/C22H36BrCl3O6/c1-7-10-30-16(27)19(4,14-21(6,23)18(29)32-12-9-3)13-20(5,15-22(24,25)26)17(28)31-11-8-2/h7-15H2,1-6H3. The summed E-state index contributed by atoms with van der Waals surface area (Å²) in [6.45, 7) is 11.1. The van der Waals surface area contributed by atoms with Gasteiger partial charge in [0.15, 0.2) is 3.79 Å². The van der Waals surface area contributed by atoms with Gasteiger partial charge in [-0.15, -0.1) is 0 Å². The van der Waals surface area contributed by atoms with Crippen LogP contribution in [-0.4, -0.2) is 45.8 Å². The monoisotopic (exact) mass is 580 g/mol. The number of rotatable bonds is 14. The molecule has 10 heteroatoms. The highest BCUT2D eigenvalue weighted by Crippen LogP contribution is 2.49. The number of esters is 3. The molecule has 0 aromatic carbocycles. The van der Waals surface area contributed by atoms with E-state index in [4.69, 9.17) is 49.0 Å². The Kier molecular flexibility index (Phi) is 13.5. The average molecular weight is 583 g/mol. The lowest BCUT2D eigenvalue weighted by atomic mass is 9.68. The SMILES string of the molecule is CCCOC(=O)C(C)(Br)CC(C)(CC(C)(CC(Cl)(Cl)Cl)C(=O)OCCC)C(=O)OCCC. The third-order valence-electron chi connectivity index (χ3n) is 4.82. The summed E-state index contributed by atoms with van der Waals surface area (Å²) in [7, 11) is 0. The van der Waals surface area contributed by atoms with E-state index in [-0.39, 0.29) is 39.1 Å². The number of ether oxygens (including phenoxy) is 3. The highest BCUT2D eigenvalue weighted by atomic mass is 79.9. The van der Waals surface area contributed by atoms with Crippen molar-refractivity contribution >= 4 is 68.6 Å². The molecule has 0 aliphatic heterocycles. The van der Waals surface area contributed by atoms with Crippen LogP contribution in [0.15, 0.2) is 0 Å². The summed E-state index contributed by atoms with van der Waals surface area (Å²) < 4.78 is 13.1. The van der Waals surface area contributed by atoms with Crippen LogP contribution in [0.2, 0.25) is 0 Å². The largest absolute Gasteiger partial charge is 0.465 e. The van der Waals surface area contributed by atoms with Gasteiger partial charge in [-0.3, -0.25) is 14.4 Å². The highest BCUT2D eigenvalue weighted by Gasteiger charge is 2.52. The van der Waals surface area contributed by atoms with Crippen LogP contribution in [0, 0.1) is 10.8 Å². The van der Waals surface area contributed by atoms with Gasteiger partial charge in [-0.05, 0) is 52.9 Å². The second-order valence-corrected chi connectivity index (χ2v) is 13.1. The van der Waals surface area contributed by atoms with E-state index in [2.05, 4.69) is 15.9 Å². The normalized spacial score (nSPS) is 17.4. The first-order valence-electron chi connectivity index (χ1n) is 10.8. The zero-order valence-corrected chi connectivity index (χ0v) is 23.7. The molecule has 0 aliphatic rings. The van der Waals surface area contributed by atoms with Crippen molar-refractivity contribution in [3.63, 3.8) is 0 Å². The van der Waals surface area contributed by atoms with Crippen LogP contribution in [0.3, 0.4) is 0 Å². The first kappa shape index (κ1) is 31.8. The fourth-order valence-electron chi connectivity index (χ4n) is 3.61. The van der Waals surface area contributed by atoms with Crippen molar-refractivity contribution in [2.45, 2.75) is 88.2 Å². The third-order valence-corrected chi connectivity index (χ3v) is 5.82. The van der Waals surface area contributed by atoms with E-state index in [1.165, 1.54) is 0 Å². The molecule has 0 radical (unpaired) electrons. The number of halogens is 4. The Balaban J connectivity index is 6.16. The van der Waals surface area contributed by atoms with Crippen LogP contribution in [0.5, 0.6) is 0 Å². The average Bonchev–Trinajstić information content (AvgIpc) is 2.65. The minimum absolute atomic E-state index is 0.00159. The molecule has 0 aliphatic carbocycles. The molecule has 0 fully saturated rings. The van der Waals surface area contributed by atoms with E-state index in [9.17, 15) is 14.4 Å². The molecule has 0 saturated heterocycles. The van der Waals surface area contributed by atoms with Crippen LogP contribution in [-0.2, 0) is 28.6 Å². The predicted molar refractivity (Wildman–Crippen MR) is 131 cm³/mol. The maximum Gasteiger partial charge on any atom is 0.322 e. The van der Waals surface area contributed by atoms with Crippen molar-refractivity contribution < 1.29 is 28.6 Å². The van der Waals surface area contributed by atoms with E-state index < -0.39 is 36.9 Å². The van der Waals surface area contributed by atoms with Crippen LogP contribution in [0.1, 0.15) is 80.1 Å². The van der Waals surface area contributed by atoms with Gasteiger partial charge in [0.05, 0.1) is 30.7 Å². The zero-order chi connectivity index (χ0) is 25.2. The van der Waals surface area contributed by atoms with Crippen molar-refractivity contribution in [1.29, 1.82) is 0 Å². The molecule has 0 saturated carbocycles. The Labute approximate surface area is 215 Å². The molecule has 0 amide bonds. The lowest BCUT2D eigenvalue weighted by Crippen LogP contribution is -2.46. The van der Waals surface area contributed by atoms with E-state index >= 15 is 0 Å². The van der Waals surface area contributed by atoms with Crippen LogP contribution < -0.4 is 0 Å². The molecule has 0 aromatic heterocycles. The van der Waals surface area contributed by atoms with Gasteiger partial charge in [0.25, 0.3) is 0 Å². The van der Waals surface area contributed by atoms with Crippen molar-refractivity contribution in [2.75, 3.05) is 19.8 Å². The quantitative estimate of drug-likeness (QED) is 0.131. The second kappa shape index (κ2) is 13.6. The maximum atomic E-state index is 13.2. The molecule has 0 rings (SSSR count). The topological polar surface area (TPSA) is 78.9 Å². The molecule has 0 N–H and O–H groups in total. The molecule has 32 heavy (non-hydrogen) atoms. The maximum absolute atomic E-state index is 13.2. The van der Waals surface area contributed by atoms with Gasteiger partial charge >= 0.3 is 17.9 Å². The molecule has 6 nitrogen and oxygen atoms in total. The lowest BCUT2D eigenvalue weighted by Gasteiger charge is -2.40. The van der Waals surface area contributed by atoms with Gasteiger partial charge in [-0.25, -0.2) is 0 Å². The van der Waals surface area contributed by atoms with Gasteiger partial charge in [-0.1, -0.05) is 71.5 Å². The van der Waals surface area contributed by atoms with E-state index in [0.717, 1.165) is 0 Å². The van der Waals surface area contributed by atoms with Crippen molar-refractivity contribution in [2.24, 2.45) is 10.8 Å². The number of hydrogen-bond acceptors (Lipinski definition) is 6. The smallest absolute Gasteiger partial charge is 0.322 e. The number of carbonyl (C=O) groups excluding carboxylic acids is 3. The summed E-state index contributed by atoms with van der Waals surface area (Å²) in [6.07, 6.45) is 1.67. The van der Waals surface area contributed by atoms with E-state index in [1.54, 1.807) is 20.8 Å². The second-order valence-electron chi connectivity index (χ2n) is 8.87. The number of hydrogen-bond donors (Lipinski definition) is 0. The van der Waals surface area contributed by atoms with Crippen LogP contribution in [0.25, 0.3) is 0 Å². The fourth-order valence-corrected chi connectivity index (χ4v) is 5.22. The molecule has 0 spiro atoms. The Bertz CT molecular complexity index is 638. The minimum Gasteiger partial charge on any atom is -0.465 e. The summed E-state index contributed by atoms with van der Waals surface area (Å²) in [5.41, 5.74) is -2.61. The fraction of sp³-hybridized carbons (Fsp3) is 0.864. The predicted octanol–water partition coefficient (Wildman–Crippen LogP) is 6.55. The van der Waals surface area contributed by atoms with Crippen LogP contribution >= 0.6 is 50.7 Å². The summed E-state index contributed by atoms with van der Waals surface area (Å²) in [4.78, 5) is 38.8. The van der Waals surface area contributed by atoms with Gasteiger partial charge in [0.2, 0.25) is 0 Å². The van der Waals surface area contributed by atoms with Crippen molar-refractivity contribution in [1.82, 2.24) is 0 Å². The van der Waals surface area contributed by atoms with E-state index in [0.29, 0.717) is 19.3 Å². The molecular formula is C22H36BrCl3O6. The lowest BCUT2D eigenvalue weighted by molar-refractivity contribution is -0.165. The Hall–Kier alpha value is -0.240. The van der Waals surface area contributed by atoms with Crippen molar-refractivity contribution in [3.8, 4) is 0 Å². The Morgan fingerprint density at radius 2 is 1.00 bits per heavy atom. The highest BCUT2D eigenvalue weighted by molar-refractivity contribution is 9.10. The van der Waals surface area contributed by atoms with Gasteiger partial charge in [-0.2, -0.15) is 0 Å². The van der Waals surface area contributed by atoms with Crippen molar-refractivity contribution in [3.05, 3.63) is 0 Å². The zero-order valence-electron chi connectivity index (χ0n) is 19.8. The number of carbonyl (C=O) groups is 3. The molecule has 3 atom stereocenters. The molecule has 0 bridgehead atoms. The van der Waals surface area contributed by atoms with Gasteiger partial charge in [0, 0.05) is 6.42 Å². The molecular weight excluding hydrogens is 546 g/mol. The third kappa shape index (κ3) is 10.8. The summed E-state index contributed by atoms with van der Waals surface area (Å²) in [5, 5.41) is 0. The first-order chi connectivity index (χ1) is 14.6. The summed E-state index contributed by atoms with van der Waals surface area (Å²) >= 11 is 21.6. The summed E-state index contributed by atoms with van der Waals surface area (Å²) in [6, 6.07) is 0. The van der Waals surface area contributed by atoms with Crippen LogP contribution in [0.4, 0.5) is 0 Å². The Morgan fingerprint density at radius 3 is 1.34 bits per heavy atom. The minimum atomic E-state index is -1.76.